The molecule has 0 atom stereocenters. The maximum atomic E-state index is 14.1. The molecule has 0 aliphatic carbocycles. The molecule has 0 fully saturated rings. The molecule has 2 aromatic rings. The van der Waals surface area contributed by atoms with Crippen LogP contribution in [0.3, 0.4) is 0 Å². The minimum atomic E-state index is -1.15. The summed E-state index contributed by atoms with van der Waals surface area (Å²) in [4.78, 5) is 0. The summed E-state index contributed by atoms with van der Waals surface area (Å²) in [5, 5.41) is 20.5. The number of aliphatic hydroxyl groups is 2. The molecule has 21 heavy (non-hydrogen) atoms. The van der Waals surface area contributed by atoms with Crippen molar-refractivity contribution in [3.8, 4) is 0 Å². The van der Waals surface area contributed by atoms with Crippen molar-refractivity contribution in [2.75, 3.05) is 13.2 Å². The summed E-state index contributed by atoms with van der Waals surface area (Å²) in [5.41, 5.74) is -0.249. The Kier molecular flexibility index (Phi) is 5.22. The molecular formula is C16H15Cl2FO2. The van der Waals surface area contributed by atoms with E-state index >= 15 is 0 Å². The van der Waals surface area contributed by atoms with Gasteiger partial charge in [-0.15, -0.1) is 0 Å². The molecule has 0 saturated carbocycles. The zero-order chi connectivity index (χ0) is 15.5. The third-order valence-corrected chi connectivity index (χ3v) is 4.19. The molecule has 0 saturated heterocycles. The molecule has 2 aromatic carbocycles. The van der Waals surface area contributed by atoms with Crippen molar-refractivity contribution in [2.24, 2.45) is 0 Å². The SMILES string of the molecule is OCC(CO)(Cc1cc(Cl)ccc1Cl)c1ccccc1F. The molecule has 0 bridgehead atoms. The highest BCUT2D eigenvalue weighted by Gasteiger charge is 2.34. The minimum absolute atomic E-state index is 0.181. The van der Waals surface area contributed by atoms with Crippen molar-refractivity contribution in [1.82, 2.24) is 0 Å². The van der Waals surface area contributed by atoms with E-state index in [1.807, 2.05) is 0 Å². The minimum Gasteiger partial charge on any atom is -0.395 e. The topological polar surface area (TPSA) is 40.5 Å². The zero-order valence-corrected chi connectivity index (χ0v) is 12.7. The van der Waals surface area contributed by atoms with Gasteiger partial charge in [0.1, 0.15) is 5.82 Å². The van der Waals surface area contributed by atoms with Crippen molar-refractivity contribution in [3.05, 3.63) is 69.5 Å². The summed E-state index contributed by atoms with van der Waals surface area (Å²) in [7, 11) is 0. The zero-order valence-electron chi connectivity index (χ0n) is 11.2. The molecule has 0 amide bonds. The molecule has 2 nitrogen and oxygen atoms in total. The molecule has 0 heterocycles. The molecule has 2 rings (SSSR count). The molecule has 2 N–H and O–H groups in total. The Morgan fingerprint density at radius 2 is 1.67 bits per heavy atom. The highest BCUT2D eigenvalue weighted by atomic mass is 35.5. The van der Waals surface area contributed by atoms with Crippen LogP contribution in [0.25, 0.3) is 0 Å². The normalized spacial score (nSPS) is 11.7. The molecule has 0 spiro atoms. The Morgan fingerprint density at radius 3 is 2.29 bits per heavy atom. The quantitative estimate of drug-likeness (QED) is 0.880. The number of hydrogen-bond acceptors (Lipinski definition) is 2. The predicted molar refractivity (Wildman–Crippen MR) is 82.4 cm³/mol. The lowest BCUT2D eigenvalue weighted by molar-refractivity contribution is 0.113. The fourth-order valence-corrected chi connectivity index (χ4v) is 2.74. The number of hydrogen-bond donors (Lipinski definition) is 2. The van der Waals surface area contributed by atoms with Crippen molar-refractivity contribution in [2.45, 2.75) is 11.8 Å². The van der Waals surface area contributed by atoms with Gasteiger partial charge in [-0.3, -0.25) is 0 Å². The largest absolute Gasteiger partial charge is 0.395 e. The van der Waals surface area contributed by atoms with E-state index in [0.717, 1.165) is 0 Å². The Balaban J connectivity index is 2.48. The highest BCUT2D eigenvalue weighted by molar-refractivity contribution is 6.33. The third kappa shape index (κ3) is 3.38. The molecule has 0 aromatic heterocycles. The summed E-state index contributed by atoms with van der Waals surface area (Å²) in [6.07, 6.45) is 0.181. The molecular weight excluding hydrogens is 314 g/mol. The Labute approximate surface area is 132 Å². The lowest BCUT2D eigenvalue weighted by Gasteiger charge is -2.31. The number of benzene rings is 2. The van der Waals surface area contributed by atoms with Crippen molar-refractivity contribution < 1.29 is 14.6 Å². The van der Waals surface area contributed by atoms with Crippen LogP contribution in [0.15, 0.2) is 42.5 Å². The van der Waals surface area contributed by atoms with Gasteiger partial charge in [0.25, 0.3) is 0 Å². The third-order valence-electron chi connectivity index (χ3n) is 3.59. The van der Waals surface area contributed by atoms with E-state index in [1.165, 1.54) is 6.07 Å². The lowest BCUT2D eigenvalue weighted by atomic mass is 9.76. The first kappa shape index (κ1) is 16.2. The van der Waals surface area contributed by atoms with Crippen molar-refractivity contribution in [1.29, 1.82) is 0 Å². The Hall–Kier alpha value is -1.13. The summed E-state index contributed by atoms with van der Waals surface area (Å²) in [6.45, 7) is -0.819. The average Bonchev–Trinajstić information content (AvgIpc) is 2.49. The second-order valence-corrected chi connectivity index (χ2v) is 5.83. The van der Waals surface area contributed by atoms with Crippen LogP contribution in [-0.2, 0) is 11.8 Å². The van der Waals surface area contributed by atoms with Gasteiger partial charge in [0.05, 0.1) is 13.2 Å². The summed E-state index contributed by atoms with van der Waals surface area (Å²) >= 11 is 12.1. The van der Waals surface area contributed by atoms with Crippen LogP contribution in [0.4, 0.5) is 4.39 Å². The van der Waals surface area contributed by atoms with Crippen molar-refractivity contribution in [3.63, 3.8) is 0 Å². The number of aliphatic hydroxyl groups excluding tert-OH is 2. The van der Waals surface area contributed by atoms with Crippen LogP contribution in [0, 0.1) is 5.82 Å². The maximum Gasteiger partial charge on any atom is 0.127 e. The molecule has 0 unspecified atom stereocenters. The van der Waals surface area contributed by atoms with Crippen LogP contribution in [0.5, 0.6) is 0 Å². The van der Waals surface area contributed by atoms with Gasteiger partial charge in [-0.1, -0.05) is 41.4 Å². The van der Waals surface area contributed by atoms with Gasteiger partial charge in [0.2, 0.25) is 0 Å². The van der Waals surface area contributed by atoms with Gasteiger partial charge in [-0.25, -0.2) is 4.39 Å². The molecule has 0 aliphatic rings. The van der Waals surface area contributed by atoms with E-state index in [1.54, 1.807) is 36.4 Å². The van der Waals surface area contributed by atoms with E-state index in [0.29, 0.717) is 15.6 Å². The van der Waals surface area contributed by atoms with Crippen LogP contribution in [0.2, 0.25) is 10.0 Å². The Bertz CT molecular complexity index is 627. The smallest absolute Gasteiger partial charge is 0.127 e. The first-order chi connectivity index (χ1) is 10.0. The van der Waals surface area contributed by atoms with E-state index in [-0.39, 0.29) is 12.0 Å². The monoisotopic (exact) mass is 328 g/mol. The fraction of sp³-hybridized carbons (Fsp3) is 0.250. The van der Waals surface area contributed by atoms with E-state index in [2.05, 4.69) is 0 Å². The van der Waals surface area contributed by atoms with Crippen LogP contribution >= 0.6 is 23.2 Å². The van der Waals surface area contributed by atoms with E-state index in [4.69, 9.17) is 23.2 Å². The molecule has 0 aliphatic heterocycles. The number of halogens is 3. The lowest BCUT2D eigenvalue weighted by Crippen LogP contribution is -2.38. The first-order valence-corrected chi connectivity index (χ1v) is 7.18. The van der Waals surface area contributed by atoms with Gasteiger partial charge in [0, 0.05) is 15.5 Å². The first-order valence-electron chi connectivity index (χ1n) is 6.43. The summed E-state index contributed by atoms with van der Waals surface area (Å²) in [6, 6.07) is 11.0. The Morgan fingerprint density at radius 1 is 1.00 bits per heavy atom. The van der Waals surface area contributed by atoms with Crippen LogP contribution in [-0.4, -0.2) is 23.4 Å². The average molecular weight is 329 g/mol. The van der Waals surface area contributed by atoms with Crippen molar-refractivity contribution >= 4 is 23.2 Å². The van der Waals surface area contributed by atoms with E-state index in [9.17, 15) is 14.6 Å². The fourth-order valence-electron chi connectivity index (χ4n) is 2.36. The summed E-state index contributed by atoms with van der Waals surface area (Å²) < 4.78 is 14.1. The second kappa shape index (κ2) is 6.75. The molecule has 112 valence electrons. The standard InChI is InChI=1S/C16H15Cl2FO2/c17-12-5-6-14(18)11(7-12)8-16(9-20,10-21)13-3-1-2-4-15(13)19/h1-7,20-21H,8-10H2. The predicted octanol–water partition coefficient (Wildman–Crippen LogP) is 3.60. The summed E-state index contributed by atoms with van der Waals surface area (Å²) in [5.74, 6) is -0.473. The van der Waals surface area contributed by atoms with Crippen LogP contribution < -0.4 is 0 Å². The van der Waals surface area contributed by atoms with Gasteiger partial charge >= 0.3 is 0 Å². The number of rotatable bonds is 5. The van der Waals surface area contributed by atoms with E-state index < -0.39 is 24.4 Å². The van der Waals surface area contributed by atoms with Gasteiger partial charge in [-0.2, -0.15) is 0 Å². The van der Waals surface area contributed by atoms with Gasteiger partial charge in [0.15, 0.2) is 0 Å². The van der Waals surface area contributed by atoms with Crippen LogP contribution in [0.1, 0.15) is 11.1 Å². The molecule has 0 radical (unpaired) electrons. The van der Waals surface area contributed by atoms with Gasteiger partial charge in [-0.05, 0) is 41.8 Å². The maximum absolute atomic E-state index is 14.1. The molecule has 5 heteroatoms. The highest BCUT2D eigenvalue weighted by Crippen LogP contribution is 2.33. The second-order valence-electron chi connectivity index (χ2n) is 4.99. The van der Waals surface area contributed by atoms with Gasteiger partial charge < -0.3 is 10.2 Å².